The molecule has 0 aromatic heterocycles. The molecule has 0 atom stereocenters. The van der Waals surface area contributed by atoms with Crippen LogP contribution in [0.2, 0.25) is 0 Å². The molecule has 2 aromatic rings. The molecule has 25 heavy (non-hydrogen) atoms. The summed E-state index contributed by atoms with van der Waals surface area (Å²) in [6.07, 6.45) is 0. The highest BCUT2D eigenvalue weighted by Crippen LogP contribution is 2.30. The van der Waals surface area contributed by atoms with Crippen molar-refractivity contribution in [3.63, 3.8) is 0 Å². The fourth-order valence-electron chi connectivity index (χ4n) is 2.16. The number of aliphatic hydroxyl groups excluding tert-OH is 1. The van der Waals surface area contributed by atoms with Crippen LogP contribution in [0, 0.1) is 5.82 Å². The Morgan fingerprint density at radius 2 is 1.92 bits per heavy atom. The van der Waals surface area contributed by atoms with E-state index in [1.165, 1.54) is 31.4 Å². The first kappa shape index (κ1) is 18.5. The summed E-state index contributed by atoms with van der Waals surface area (Å²) in [4.78, 5) is 12.5. The molecule has 134 valence electrons. The molecule has 0 saturated carbocycles. The van der Waals surface area contributed by atoms with Crippen molar-refractivity contribution in [1.82, 2.24) is 0 Å². The van der Waals surface area contributed by atoms with Crippen molar-refractivity contribution in [3.05, 3.63) is 47.8 Å². The highest BCUT2D eigenvalue weighted by molar-refractivity contribution is 6.05. The van der Waals surface area contributed by atoms with Gasteiger partial charge in [0.15, 0.2) is 11.5 Å². The zero-order valence-electron chi connectivity index (χ0n) is 14.0. The summed E-state index contributed by atoms with van der Waals surface area (Å²) in [5.41, 5.74) is 0.683. The van der Waals surface area contributed by atoms with Crippen LogP contribution in [0.3, 0.4) is 0 Å². The van der Waals surface area contributed by atoms with Gasteiger partial charge in [-0.2, -0.15) is 0 Å². The molecule has 0 unspecified atom stereocenters. The van der Waals surface area contributed by atoms with Gasteiger partial charge in [-0.25, -0.2) is 4.39 Å². The Morgan fingerprint density at radius 1 is 1.12 bits per heavy atom. The number of ether oxygens (including phenoxy) is 3. The van der Waals surface area contributed by atoms with Crippen LogP contribution in [-0.4, -0.2) is 37.9 Å². The SMILES string of the molecule is CCOc1cc(F)ccc1NC(=O)c1ccc(OC)c(OCCO)c1. The van der Waals surface area contributed by atoms with E-state index in [0.29, 0.717) is 29.4 Å². The Balaban J connectivity index is 2.23. The number of hydrogen-bond donors (Lipinski definition) is 2. The van der Waals surface area contributed by atoms with Gasteiger partial charge in [-0.05, 0) is 37.3 Å². The number of benzene rings is 2. The third-order valence-electron chi connectivity index (χ3n) is 3.27. The molecule has 2 rings (SSSR count). The van der Waals surface area contributed by atoms with Gasteiger partial charge in [0.1, 0.15) is 18.2 Å². The Labute approximate surface area is 145 Å². The van der Waals surface area contributed by atoms with Gasteiger partial charge in [0.2, 0.25) is 0 Å². The van der Waals surface area contributed by atoms with E-state index < -0.39 is 11.7 Å². The molecule has 7 heteroatoms. The quantitative estimate of drug-likeness (QED) is 0.766. The summed E-state index contributed by atoms with van der Waals surface area (Å²) < 4.78 is 29.2. The van der Waals surface area contributed by atoms with E-state index in [0.717, 1.165) is 0 Å². The van der Waals surface area contributed by atoms with Gasteiger partial charge in [-0.15, -0.1) is 0 Å². The van der Waals surface area contributed by atoms with Crippen molar-refractivity contribution in [2.24, 2.45) is 0 Å². The van der Waals surface area contributed by atoms with Gasteiger partial charge in [-0.1, -0.05) is 0 Å². The van der Waals surface area contributed by atoms with Gasteiger partial charge >= 0.3 is 0 Å². The van der Waals surface area contributed by atoms with Gasteiger partial charge in [0.25, 0.3) is 5.91 Å². The van der Waals surface area contributed by atoms with Crippen LogP contribution in [0.4, 0.5) is 10.1 Å². The molecule has 6 nitrogen and oxygen atoms in total. The molecular weight excluding hydrogens is 329 g/mol. The largest absolute Gasteiger partial charge is 0.493 e. The number of rotatable bonds is 8. The highest BCUT2D eigenvalue weighted by atomic mass is 19.1. The fourth-order valence-corrected chi connectivity index (χ4v) is 2.16. The van der Waals surface area contributed by atoms with Crippen LogP contribution >= 0.6 is 0 Å². The minimum atomic E-state index is -0.453. The second-order valence-electron chi connectivity index (χ2n) is 4.97. The molecule has 0 aliphatic rings. The van der Waals surface area contributed by atoms with Crippen LogP contribution in [0.25, 0.3) is 0 Å². The summed E-state index contributed by atoms with van der Waals surface area (Å²) in [5.74, 6) is 0.172. The highest BCUT2D eigenvalue weighted by Gasteiger charge is 2.14. The smallest absolute Gasteiger partial charge is 0.255 e. The number of aliphatic hydroxyl groups is 1. The number of hydrogen-bond acceptors (Lipinski definition) is 5. The monoisotopic (exact) mass is 349 g/mol. The van der Waals surface area contributed by atoms with Gasteiger partial charge in [0.05, 0.1) is 26.0 Å². The molecular formula is C18H20FNO5. The molecule has 0 bridgehead atoms. The van der Waals surface area contributed by atoms with Crippen molar-refractivity contribution in [2.45, 2.75) is 6.92 Å². The van der Waals surface area contributed by atoms with E-state index in [-0.39, 0.29) is 19.0 Å². The zero-order chi connectivity index (χ0) is 18.2. The summed E-state index contributed by atoms with van der Waals surface area (Å²) in [6.45, 7) is 2.03. The van der Waals surface area contributed by atoms with E-state index in [9.17, 15) is 9.18 Å². The second kappa shape index (κ2) is 8.89. The molecule has 0 spiro atoms. The minimum absolute atomic E-state index is 0.0773. The fraction of sp³-hybridized carbons (Fsp3) is 0.278. The van der Waals surface area contributed by atoms with E-state index in [1.807, 2.05) is 0 Å². The van der Waals surface area contributed by atoms with Crippen molar-refractivity contribution in [3.8, 4) is 17.2 Å². The first-order valence-electron chi connectivity index (χ1n) is 7.74. The van der Waals surface area contributed by atoms with Crippen LogP contribution in [0.15, 0.2) is 36.4 Å². The maximum atomic E-state index is 13.3. The van der Waals surface area contributed by atoms with Crippen LogP contribution < -0.4 is 19.5 Å². The van der Waals surface area contributed by atoms with Crippen molar-refractivity contribution in [1.29, 1.82) is 0 Å². The molecule has 2 N–H and O–H groups in total. The first-order valence-corrected chi connectivity index (χ1v) is 7.74. The summed E-state index contributed by atoms with van der Waals surface area (Å²) >= 11 is 0. The maximum Gasteiger partial charge on any atom is 0.255 e. The van der Waals surface area contributed by atoms with E-state index in [4.69, 9.17) is 19.3 Å². The number of halogens is 1. The zero-order valence-corrected chi connectivity index (χ0v) is 14.0. The predicted molar refractivity (Wildman–Crippen MR) is 91.1 cm³/mol. The molecule has 1 amide bonds. The number of amides is 1. The number of nitrogens with one attached hydrogen (secondary N) is 1. The Hall–Kier alpha value is -2.80. The third kappa shape index (κ3) is 4.84. The lowest BCUT2D eigenvalue weighted by Gasteiger charge is -2.13. The molecule has 0 fully saturated rings. The Kier molecular flexibility index (Phi) is 6.59. The lowest BCUT2D eigenvalue weighted by molar-refractivity contribution is 0.102. The second-order valence-corrected chi connectivity index (χ2v) is 4.97. The van der Waals surface area contributed by atoms with Gasteiger partial charge < -0.3 is 24.6 Å². The average molecular weight is 349 g/mol. The number of methoxy groups -OCH3 is 1. The predicted octanol–water partition coefficient (Wildman–Crippen LogP) is 2.86. The Morgan fingerprint density at radius 3 is 2.60 bits per heavy atom. The van der Waals surface area contributed by atoms with E-state index >= 15 is 0 Å². The topological polar surface area (TPSA) is 77.0 Å². The molecule has 0 radical (unpaired) electrons. The lowest BCUT2D eigenvalue weighted by atomic mass is 10.1. The molecule has 0 aliphatic heterocycles. The van der Waals surface area contributed by atoms with Gasteiger partial charge in [-0.3, -0.25) is 4.79 Å². The van der Waals surface area contributed by atoms with E-state index in [2.05, 4.69) is 5.32 Å². The van der Waals surface area contributed by atoms with Crippen molar-refractivity contribution in [2.75, 3.05) is 32.2 Å². The lowest BCUT2D eigenvalue weighted by Crippen LogP contribution is -2.14. The molecule has 0 aliphatic carbocycles. The average Bonchev–Trinajstić information content (AvgIpc) is 2.62. The normalized spacial score (nSPS) is 10.2. The summed E-state index contributed by atoms with van der Waals surface area (Å²) in [6, 6.07) is 8.56. The van der Waals surface area contributed by atoms with Crippen LogP contribution in [0.5, 0.6) is 17.2 Å². The standard InChI is InChI=1S/C18H20FNO5/c1-3-24-16-11-13(19)5-6-14(16)20-18(22)12-4-7-15(23-2)17(10-12)25-9-8-21/h4-7,10-11,21H,3,8-9H2,1-2H3,(H,20,22). The third-order valence-corrected chi connectivity index (χ3v) is 3.27. The van der Waals surface area contributed by atoms with Crippen molar-refractivity contribution < 1.29 is 28.5 Å². The van der Waals surface area contributed by atoms with Crippen molar-refractivity contribution >= 4 is 11.6 Å². The number of carbonyl (C=O) groups is 1. The molecule has 0 heterocycles. The number of carbonyl (C=O) groups excluding carboxylic acids is 1. The minimum Gasteiger partial charge on any atom is -0.493 e. The molecule has 0 saturated heterocycles. The first-order chi connectivity index (χ1) is 12.1. The van der Waals surface area contributed by atoms with Gasteiger partial charge in [0, 0.05) is 11.6 Å². The van der Waals surface area contributed by atoms with Crippen LogP contribution in [-0.2, 0) is 0 Å². The molecule has 2 aromatic carbocycles. The maximum absolute atomic E-state index is 13.3. The van der Waals surface area contributed by atoms with Crippen LogP contribution in [0.1, 0.15) is 17.3 Å². The van der Waals surface area contributed by atoms with E-state index in [1.54, 1.807) is 19.1 Å². The number of anilines is 1. The Bertz CT molecular complexity index is 735. The summed E-state index contributed by atoms with van der Waals surface area (Å²) in [7, 11) is 1.48. The summed E-state index contributed by atoms with van der Waals surface area (Å²) in [5, 5.41) is 11.6.